The molecule has 8 heteroatoms. The maximum absolute atomic E-state index is 12.6. The Bertz CT molecular complexity index is 875. The molecule has 8 nitrogen and oxygen atoms in total. The van der Waals surface area contributed by atoms with E-state index in [9.17, 15) is 19.5 Å². The number of allylic oxidation sites excluding steroid dienone is 6. The van der Waals surface area contributed by atoms with Gasteiger partial charge in [0, 0.05) is 19.3 Å². The fourth-order valence-corrected chi connectivity index (χ4v) is 5.06. The Labute approximate surface area is 287 Å². The van der Waals surface area contributed by atoms with Crippen LogP contribution >= 0.6 is 0 Å². The average molecular weight is 665 g/mol. The van der Waals surface area contributed by atoms with Gasteiger partial charge in [-0.3, -0.25) is 9.59 Å². The van der Waals surface area contributed by atoms with Gasteiger partial charge in [-0.25, -0.2) is 4.79 Å². The van der Waals surface area contributed by atoms with Crippen molar-refractivity contribution in [1.29, 1.82) is 0 Å². The predicted octanol–water partition coefficient (Wildman–Crippen LogP) is 9.13. The second kappa shape index (κ2) is 30.9. The molecule has 0 aliphatic carbocycles. The molecule has 2 unspecified atom stereocenters. The molecule has 0 saturated heterocycles. The average Bonchev–Trinajstić information content (AvgIpc) is 3.01. The molecule has 0 aromatic heterocycles. The molecule has 0 spiro atoms. The molecule has 0 aliphatic rings. The van der Waals surface area contributed by atoms with E-state index in [1.807, 2.05) is 27.2 Å². The number of carbonyl (C=O) groups is 3. The number of ether oxygens (including phenoxy) is 3. The van der Waals surface area contributed by atoms with Crippen molar-refractivity contribution in [2.45, 2.75) is 154 Å². The van der Waals surface area contributed by atoms with Crippen LogP contribution in [0.3, 0.4) is 0 Å². The molecule has 0 aliphatic heterocycles. The quantitative estimate of drug-likeness (QED) is 0.0331. The van der Waals surface area contributed by atoms with Crippen LogP contribution in [0.1, 0.15) is 142 Å². The molecule has 272 valence electrons. The molecular weight excluding hydrogens is 594 g/mol. The van der Waals surface area contributed by atoms with Crippen LogP contribution in [0.4, 0.5) is 0 Å². The number of nitrogens with zero attached hydrogens (tertiary/aromatic N) is 1. The van der Waals surface area contributed by atoms with Gasteiger partial charge in [0.15, 0.2) is 12.1 Å². The number of carboxylic acids is 1. The zero-order valence-corrected chi connectivity index (χ0v) is 30.7. The molecule has 1 N–H and O–H groups in total. The number of likely N-dealkylation sites (N-methyl/N-ethyl adjacent to an activating group) is 1. The lowest BCUT2D eigenvalue weighted by Crippen LogP contribution is -2.50. The second-order valence-corrected chi connectivity index (χ2v) is 13.5. The number of aliphatic carboxylic acids is 1. The highest BCUT2D eigenvalue weighted by atomic mass is 16.6. The van der Waals surface area contributed by atoms with Crippen LogP contribution in [0.5, 0.6) is 0 Å². The number of quaternary nitrogens is 1. The number of hydrogen-bond acceptors (Lipinski definition) is 6. The Hall–Kier alpha value is -2.45. The largest absolute Gasteiger partial charge is 0.477 e. The van der Waals surface area contributed by atoms with E-state index in [2.05, 4.69) is 44.2 Å². The van der Waals surface area contributed by atoms with Crippen molar-refractivity contribution in [3.05, 3.63) is 36.5 Å². The number of unbranched alkanes of at least 4 members (excludes halogenated alkanes) is 12. The van der Waals surface area contributed by atoms with E-state index in [0.717, 1.165) is 51.4 Å². The van der Waals surface area contributed by atoms with Gasteiger partial charge in [0.25, 0.3) is 0 Å². The van der Waals surface area contributed by atoms with Crippen LogP contribution in [0.25, 0.3) is 0 Å². The van der Waals surface area contributed by atoms with Crippen molar-refractivity contribution in [3.8, 4) is 0 Å². The molecule has 0 fully saturated rings. The van der Waals surface area contributed by atoms with Crippen molar-refractivity contribution < 1.29 is 38.2 Å². The highest BCUT2D eigenvalue weighted by Crippen LogP contribution is 2.12. The first-order chi connectivity index (χ1) is 22.6. The zero-order chi connectivity index (χ0) is 35.0. The van der Waals surface area contributed by atoms with Gasteiger partial charge in [0.05, 0.1) is 34.4 Å². The summed E-state index contributed by atoms with van der Waals surface area (Å²) in [6.45, 7) is 4.58. The molecule has 0 rings (SSSR count). The molecule has 0 radical (unpaired) electrons. The lowest BCUT2D eigenvalue weighted by Gasteiger charge is -2.31. The summed E-state index contributed by atoms with van der Waals surface area (Å²) >= 11 is 0. The third-order valence-electron chi connectivity index (χ3n) is 8.03. The molecule has 0 bridgehead atoms. The third-order valence-corrected chi connectivity index (χ3v) is 8.03. The van der Waals surface area contributed by atoms with Crippen LogP contribution in [0.2, 0.25) is 0 Å². The van der Waals surface area contributed by atoms with Gasteiger partial charge in [0.1, 0.15) is 6.61 Å². The third kappa shape index (κ3) is 29.4. The van der Waals surface area contributed by atoms with Crippen LogP contribution in [-0.4, -0.2) is 80.6 Å². The van der Waals surface area contributed by atoms with Gasteiger partial charge in [-0.15, -0.1) is 0 Å². The monoisotopic (exact) mass is 665 g/mol. The Morgan fingerprint density at radius 3 is 1.81 bits per heavy atom. The first kappa shape index (κ1) is 44.5. The number of carboxylic acid groups (broad SMARTS) is 1. The van der Waals surface area contributed by atoms with Gasteiger partial charge in [0.2, 0.25) is 0 Å². The van der Waals surface area contributed by atoms with Gasteiger partial charge in [-0.2, -0.15) is 0 Å². The van der Waals surface area contributed by atoms with Gasteiger partial charge in [-0.1, -0.05) is 108 Å². The fourth-order valence-electron chi connectivity index (χ4n) is 5.06. The maximum atomic E-state index is 12.6. The Morgan fingerprint density at radius 1 is 0.638 bits per heavy atom. The lowest BCUT2D eigenvalue weighted by molar-refractivity contribution is -0.887. The summed E-state index contributed by atoms with van der Waals surface area (Å²) in [5.41, 5.74) is 0. The normalized spacial score (nSPS) is 13.5. The summed E-state index contributed by atoms with van der Waals surface area (Å²) in [5.74, 6) is -1.57. The molecule has 2 atom stereocenters. The van der Waals surface area contributed by atoms with Gasteiger partial charge >= 0.3 is 17.9 Å². The standard InChI is InChI=1S/C39H69NO7/c1-6-8-10-12-14-16-18-19-20-22-23-25-27-29-37(41)46-34-35(33-45-32-31-36(39(43)44)40(3,4)5)47-38(42)30-28-26-24-21-17-15-13-11-9-7-2/h13,15,19-20,23,25,35-36H,6-12,14,16-18,21-22,24,26-34H2,1-5H3/p+1/b15-13+,20-19+,25-23+. The summed E-state index contributed by atoms with van der Waals surface area (Å²) < 4.78 is 17.1. The highest BCUT2D eigenvalue weighted by molar-refractivity contribution is 5.72. The first-order valence-corrected chi connectivity index (χ1v) is 18.5. The van der Waals surface area contributed by atoms with E-state index in [0.29, 0.717) is 19.3 Å². The Kier molecular flexibility index (Phi) is 29.2. The van der Waals surface area contributed by atoms with Gasteiger partial charge in [-0.05, 0) is 51.4 Å². The first-order valence-electron chi connectivity index (χ1n) is 18.5. The minimum atomic E-state index is -0.885. The van der Waals surface area contributed by atoms with E-state index in [1.54, 1.807) is 0 Å². The Morgan fingerprint density at radius 2 is 1.19 bits per heavy atom. The summed E-state index contributed by atoms with van der Waals surface area (Å²) in [6.07, 6.45) is 32.0. The van der Waals surface area contributed by atoms with Crippen molar-refractivity contribution >= 4 is 17.9 Å². The number of rotatable bonds is 32. The van der Waals surface area contributed by atoms with E-state index in [-0.39, 0.29) is 42.7 Å². The lowest BCUT2D eigenvalue weighted by atomic mass is 10.1. The molecule has 0 aromatic carbocycles. The SMILES string of the molecule is CCCC/C=C/CCCCCCC(=O)OC(COCCC(C(=O)O)[N+](C)(C)C)COC(=O)CC/C=C/C/C=C/CCCCCCCC. The maximum Gasteiger partial charge on any atom is 0.362 e. The minimum absolute atomic E-state index is 0.0395. The van der Waals surface area contributed by atoms with Crippen LogP contribution in [0, 0.1) is 0 Å². The van der Waals surface area contributed by atoms with Crippen molar-refractivity contribution in [2.24, 2.45) is 0 Å². The van der Waals surface area contributed by atoms with E-state index in [1.165, 1.54) is 51.4 Å². The number of esters is 2. The summed E-state index contributed by atoms with van der Waals surface area (Å²) in [4.78, 5) is 36.6. The van der Waals surface area contributed by atoms with Crippen molar-refractivity contribution in [2.75, 3.05) is 41.0 Å². The molecule has 0 heterocycles. The van der Waals surface area contributed by atoms with Crippen LogP contribution in [-0.2, 0) is 28.6 Å². The Balaban J connectivity index is 4.54. The molecule has 47 heavy (non-hydrogen) atoms. The second-order valence-electron chi connectivity index (χ2n) is 13.5. The summed E-state index contributed by atoms with van der Waals surface area (Å²) in [6, 6.07) is -0.621. The van der Waals surface area contributed by atoms with E-state index in [4.69, 9.17) is 14.2 Å². The van der Waals surface area contributed by atoms with Gasteiger partial charge < -0.3 is 23.8 Å². The van der Waals surface area contributed by atoms with Crippen LogP contribution in [0.15, 0.2) is 36.5 Å². The number of carbonyl (C=O) groups excluding carboxylic acids is 2. The number of hydrogen-bond donors (Lipinski definition) is 1. The zero-order valence-electron chi connectivity index (χ0n) is 30.7. The van der Waals surface area contributed by atoms with Crippen LogP contribution < -0.4 is 0 Å². The highest BCUT2D eigenvalue weighted by Gasteiger charge is 2.31. The molecule has 0 amide bonds. The van der Waals surface area contributed by atoms with Crippen molar-refractivity contribution in [3.63, 3.8) is 0 Å². The van der Waals surface area contributed by atoms with E-state index >= 15 is 0 Å². The molecule has 0 saturated carbocycles. The summed E-state index contributed by atoms with van der Waals surface area (Å²) in [7, 11) is 5.49. The molecular formula is C39H70NO7+. The topological polar surface area (TPSA) is 99.1 Å². The smallest absolute Gasteiger partial charge is 0.362 e. The van der Waals surface area contributed by atoms with E-state index < -0.39 is 18.1 Å². The minimum Gasteiger partial charge on any atom is -0.477 e. The van der Waals surface area contributed by atoms with Crippen molar-refractivity contribution in [1.82, 2.24) is 0 Å². The summed E-state index contributed by atoms with van der Waals surface area (Å²) in [5, 5.41) is 9.56. The fraction of sp³-hybridized carbons (Fsp3) is 0.769. The molecule has 0 aromatic rings. The predicted molar refractivity (Wildman–Crippen MR) is 192 cm³/mol.